The molecule has 1 aliphatic carbocycles. The van der Waals surface area contributed by atoms with Crippen molar-refractivity contribution in [3.05, 3.63) is 29.8 Å². The van der Waals surface area contributed by atoms with E-state index in [0.717, 1.165) is 31.2 Å². The number of aromatic hydroxyl groups is 1. The molecule has 0 radical (unpaired) electrons. The lowest BCUT2D eigenvalue weighted by molar-refractivity contribution is -0.121. The minimum Gasteiger partial charge on any atom is -0.508 e. The van der Waals surface area contributed by atoms with Crippen LogP contribution in [-0.2, 0) is 11.2 Å². The first-order chi connectivity index (χ1) is 9.17. The molecule has 1 aliphatic rings. The molecule has 104 valence electrons. The van der Waals surface area contributed by atoms with E-state index in [1.807, 2.05) is 7.05 Å². The van der Waals surface area contributed by atoms with E-state index in [0.29, 0.717) is 18.5 Å². The summed E-state index contributed by atoms with van der Waals surface area (Å²) >= 11 is 0. The Morgan fingerprint density at radius 2 is 1.74 bits per heavy atom. The summed E-state index contributed by atoms with van der Waals surface area (Å²) in [4.78, 5) is 11.9. The summed E-state index contributed by atoms with van der Waals surface area (Å²) in [6.07, 6.45) is 4.73. The second-order valence-electron chi connectivity index (χ2n) is 5.25. The Balaban J connectivity index is 1.77. The van der Waals surface area contributed by atoms with Crippen LogP contribution in [0.15, 0.2) is 24.3 Å². The molecule has 1 amide bonds. The SMILES string of the molecule is CNC1CCC(NC(=O)Cc2ccc(O)cc2)CC1. The molecule has 1 aromatic carbocycles. The third-order valence-corrected chi connectivity index (χ3v) is 3.80. The first-order valence-corrected chi connectivity index (χ1v) is 6.92. The highest BCUT2D eigenvalue weighted by molar-refractivity contribution is 5.78. The van der Waals surface area contributed by atoms with Gasteiger partial charge in [-0.1, -0.05) is 12.1 Å². The monoisotopic (exact) mass is 262 g/mol. The van der Waals surface area contributed by atoms with Gasteiger partial charge in [-0.25, -0.2) is 0 Å². The van der Waals surface area contributed by atoms with Gasteiger partial charge in [0, 0.05) is 12.1 Å². The van der Waals surface area contributed by atoms with Crippen LogP contribution in [0.4, 0.5) is 0 Å². The predicted octanol–water partition coefficient (Wildman–Crippen LogP) is 1.58. The maximum absolute atomic E-state index is 11.9. The first kappa shape index (κ1) is 13.9. The van der Waals surface area contributed by atoms with E-state index in [1.165, 1.54) is 0 Å². The third kappa shape index (κ3) is 4.24. The molecule has 1 aromatic rings. The van der Waals surface area contributed by atoms with Crippen molar-refractivity contribution in [3.8, 4) is 5.75 Å². The van der Waals surface area contributed by atoms with Crippen LogP contribution in [-0.4, -0.2) is 30.1 Å². The van der Waals surface area contributed by atoms with Crippen LogP contribution >= 0.6 is 0 Å². The van der Waals surface area contributed by atoms with Crippen LogP contribution in [0.2, 0.25) is 0 Å². The zero-order valence-corrected chi connectivity index (χ0v) is 11.4. The highest BCUT2D eigenvalue weighted by Gasteiger charge is 2.21. The largest absolute Gasteiger partial charge is 0.508 e. The summed E-state index contributed by atoms with van der Waals surface area (Å²) < 4.78 is 0. The smallest absolute Gasteiger partial charge is 0.224 e. The van der Waals surface area contributed by atoms with Crippen LogP contribution in [0, 0.1) is 0 Å². The highest BCUT2D eigenvalue weighted by Crippen LogP contribution is 2.18. The van der Waals surface area contributed by atoms with E-state index in [9.17, 15) is 9.90 Å². The molecule has 3 N–H and O–H groups in total. The van der Waals surface area contributed by atoms with Gasteiger partial charge in [-0.2, -0.15) is 0 Å². The Morgan fingerprint density at radius 1 is 1.16 bits per heavy atom. The Bertz CT molecular complexity index is 409. The summed E-state index contributed by atoms with van der Waals surface area (Å²) in [5, 5.41) is 15.6. The van der Waals surface area contributed by atoms with Gasteiger partial charge in [-0.15, -0.1) is 0 Å². The Hall–Kier alpha value is -1.55. The molecule has 1 fully saturated rings. The van der Waals surface area contributed by atoms with Crippen molar-refractivity contribution >= 4 is 5.91 Å². The van der Waals surface area contributed by atoms with Crippen molar-refractivity contribution in [2.24, 2.45) is 0 Å². The minimum atomic E-state index is 0.0681. The van der Waals surface area contributed by atoms with Crippen LogP contribution in [0.3, 0.4) is 0 Å². The van der Waals surface area contributed by atoms with Crippen molar-refractivity contribution in [1.29, 1.82) is 0 Å². The van der Waals surface area contributed by atoms with Crippen LogP contribution < -0.4 is 10.6 Å². The van der Waals surface area contributed by atoms with Crippen molar-refractivity contribution in [2.45, 2.75) is 44.2 Å². The molecule has 0 spiro atoms. The molecule has 4 nitrogen and oxygen atoms in total. The number of phenols is 1. The summed E-state index contributed by atoms with van der Waals surface area (Å²) in [6, 6.07) is 7.71. The number of carbonyl (C=O) groups is 1. The van der Waals surface area contributed by atoms with E-state index in [-0.39, 0.29) is 11.7 Å². The van der Waals surface area contributed by atoms with E-state index < -0.39 is 0 Å². The molecular formula is C15H22N2O2. The van der Waals surface area contributed by atoms with Gasteiger partial charge >= 0.3 is 0 Å². The summed E-state index contributed by atoms with van der Waals surface area (Å²) in [7, 11) is 1.99. The van der Waals surface area contributed by atoms with Crippen molar-refractivity contribution < 1.29 is 9.90 Å². The molecule has 0 atom stereocenters. The average Bonchev–Trinajstić information content (AvgIpc) is 2.42. The van der Waals surface area contributed by atoms with Gasteiger partial charge in [0.25, 0.3) is 0 Å². The highest BCUT2D eigenvalue weighted by atomic mass is 16.3. The topological polar surface area (TPSA) is 61.4 Å². The third-order valence-electron chi connectivity index (χ3n) is 3.80. The lowest BCUT2D eigenvalue weighted by Gasteiger charge is -2.28. The number of phenolic OH excluding ortho intramolecular Hbond substituents is 1. The standard InChI is InChI=1S/C15H22N2O2/c1-16-12-4-6-13(7-5-12)17-15(19)10-11-2-8-14(18)9-3-11/h2-3,8-9,12-13,16,18H,4-7,10H2,1H3,(H,17,19). The van der Waals surface area contributed by atoms with E-state index in [4.69, 9.17) is 0 Å². The lowest BCUT2D eigenvalue weighted by atomic mass is 9.91. The molecule has 0 aromatic heterocycles. The van der Waals surface area contributed by atoms with Gasteiger partial charge in [-0.3, -0.25) is 4.79 Å². The number of hydrogen-bond donors (Lipinski definition) is 3. The molecular weight excluding hydrogens is 240 g/mol. The van der Waals surface area contributed by atoms with E-state index in [2.05, 4.69) is 10.6 Å². The van der Waals surface area contributed by atoms with Gasteiger partial charge < -0.3 is 15.7 Å². The van der Waals surface area contributed by atoms with Gasteiger partial charge in [0.15, 0.2) is 0 Å². The number of amides is 1. The molecule has 0 unspecified atom stereocenters. The molecule has 0 aliphatic heterocycles. The number of rotatable bonds is 4. The molecule has 0 saturated heterocycles. The number of carbonyl (C=O) groups excluding carboxylic acids is 1. The van der Waals surface area contributed by atoms with Crippen molar-refractivity contribution in [3.63, 3.8) is 0 Å². The fourth-order valence-electron chi connectivity index (χ4n) is 2.60. The number of benzene rings is 1. The van der Waals surface area contributed by atoms with Gasteiger partial charge in [0.1, 0.15) is 5.75 Å². The Labute approximate surface area is 114 Å². The number of hydrogen-bond acceptors (Lipinski definition) is 3. The maximum Gasteiger partial charge on any atom is 0.224 e. The molecule has 0 bridgehead atoms. The fourth-order valence-corrected chi connectivity index (χ4v) is 2.60. The molecule has 4 heteroatoms. The van der Waals surface area contributed by atoms with Gasteiger partial charge in [-0.05, 0) is 50.4 Å². The summed E-state index contributed by atoms with van der Waals surface area (Å²) in [6.45, 7) is 0. The minimum absolute atomic E-state index is 0.0681. The van der Waals surface area contributed by atoms with Gasteiger partial charge in [0.05, 0.1) is 6.42 Å². The lowest BCUT2D eigenvalue weighted by Crippen LogP contribution is -2.41. The normalized spacial score (nSPS) is 23.0. The van der Waals surface area contributed by atoms with Crippen LogP contribution in [0.25, 0.3) is 0 Å². The van der Waals surface area contributed by atoms with Crippen molar-refractivity contribution in [2.75, 3.05) is 7.05 Å². The number of nitrogens with one attached hydrogen (secondary N) is 2. The maximum atomic E-state index is 11.9. The van der Waals surface area contributed by atoms with Crippen LogP contribution in [0.5, 0.6) is 5.75 Å². The quantitative estimate of drug-likeness (QED) is 0.772. The Morgan fingerprint density at radius 3 is 2.32 bits per heavy atom. The zero-order valence-electron chi connectivity index (χ0n) is 11.4. The summed E-state index contributed by atoms with van der Waals surface area (Å²) in [5.41, 5.74) is 0.930. The van der Waals surface area contributed by atoms with Crippen molar-refractivity contribution in [1.82, 2.24) is 10.6 Å². The van der Waals surface area contributed by atoms with Crippen LogP contribution in [0.1, 0.15) is 31.2 Å². The first-order valence-electron chi connectivity index (χ1n) is 6.92. The molecule has 1 saturated carbocycles. The molecule has 19 heavy (non-hydrogen) atoms. The molecule has 0 heterocycles. The second-order valence-corrected chi connectivity index (χ2v) is 5.25. The summed E-state index contributed by atoms with van der Waals surface area (Å²) in [5.74, 6) is 0.299. The molecule has 2 rings (SSSR count). The van der Waals surface area contributed by atoms with E-state index in [1.54, 1.807) is 24.3 Å². The van der Waals surface area contributed by atoms with E-state index >= 15 is 0 Å². The predicted molar refractivity (Wildman–Crippen MR) is 75.1 cm³/mol. The fraction of sp³-hybridized carbons (Fsp3) is 0.533. The van der Waals surface area contributed by atoms with Gasteiger partial charge in [0.2, 0.25) is 5.91 Å². The zero-order chi connectivity index (χ0) is 13.7. The second kappa shape index (κ2) is 6.57. The average molecular weight is 262 g/mol. The Kier molecular flexibility index (Phi) is 4.80.